The second-order valence-corrected chi connectivity index (χ2v) is 9.85. The van der Waals surface area contributed by atoms with Gasteiger partial charge in [0.25, 0.3) is 0 Å². The molecule has 6 nitrogen and oxygen atoms in total. The molecule has 1 aromatic rings. The second kappa shape index (κ2) is 5.98. The van der Waals surface area contributed by atoms with Crippen LogP contribution in [-0.4, -0.2) is 59.3 Å². The van der Waals surface area contributed by atoms with E-state index in [9.17, 15) is 13.2 Å². The molecule has 0 unspecified atom stereocenters. The zero-order valence-electron chi connectivity index (χ0n) is 11.6. The van der Waals surface area contributed by atoms with Crippen molar-refractivity contribution >= 4 is 38.8 Å². The molecule has 0 aromatic carbocycles. The van der Waals surface area contributed by atoms with Crippen molar-refractivity contribution < 1.29 is 13.2 Å². The molecule has 0 saturated carbocycles. The average Bonchev–Trinajstić information content (AvgIpc) is 2.93. The first-order valence-electron chi connectivity index (χ1n) is 6.22. The summed E-state index contributed by atoms with van der Waals surface area (Å²) < 4.78 is 23.7. The molecule has 1 saturated heterocycles. The third-order valence-corrected chi connectivity index (χ3v) is 7.00. The average molecular weight is 335 g/mol. The number of hydrogen-bond donors (Lipinski definition) is 0. The lowest BCUT2D eigenvalue weighted by atomic mass is 10.2. The third kappa shape index (κ3) is 3.70. The van der Waals surface area contributed by atoms with Gasteiger partial charge >= 0.3 is 0 Å². The van der Waals surface area contributed by atoms with Gasteiger partial charge in [-0.3, -0.25) is 4.79 Å². The summed E-state index contributed by atoms with van der Waals surface area (Å²) >= 11 is 2.82. The lowest BCUT2D eigenvalue weighted by Crippen LogP contribution is -2.41. The zero-order chi connectivity index (χ0) is 14.9. The summed E-state index contributed by atoms with van der Waals surface area (Å²) in [6, 6.07) is -0.202. The standard InChI is InChI=1S/C11H17N3O3S3/c1-7(18-11-13-12-8(2)19-11)10(15)14(3)9-4-5-20(16,17)6-9/h7,9H,4-6H2,1-3H3/t7-,9-/m0/s1. The monoisotopic (exact) mass is 335 g/mol. The Hall–Kier alpha value is -0.670. The number of hydrogen-bond acceptors (Lipinski definition) is 7. The molecule has 2 rings (SSSR count). The number of aryl methyl sites for hydroxylation is 1. The van der Waals surface area contributed by atoms with Crippen LogP contribution in [0, 0.1) is 6.92 Å². The third-order valence-electron chi connectivity index (χ3n) is 3.24. The lowest BCUT2D eigenvalue weighted by molar-refractivity contribution is -0.130. The summed E-state index contributed by atoms with van der Waals surface area (Å²) in [5.74, 6) is 0.182. The van der Waals surface area contributed by atoms with Gasteiger partial charge in [0.1, 0.15) is 5.01 Å². The number of amides is 1. The van der Waals surface area contributed by atoms with Crippen LogP contribution in [0.5, 0.6) is 0 Å². The first-order valence-corrected chi connectivity index (χ1v) is 9.74. The van der Waals surface area contributed by atoms with Crippen molar-refractivity contribution in [2.75, 3.05) is 18.6 Å². The highest BCUT2D eigenvalue weighted by molar-refractivity contribution is 8.02. The van der Waals surface area contributed by atoms with E-state index in [0.717, 1.165) is 9.35 Å². The molecule has 0 N–H and O–H groups in total. The fraction of sp³-hybridized carbons (Fsp3) is 0.727. The predicted molar refractivity (Wildman–Crippen MR) is 79.8 cm³/mol. The van der Waals surface area contributed by atoms with E-state index in [-0.39, 0.29) is 28.7 Å². The predicted octanol–water partition coefficient (Wildman–Crippen LogP) is 0.973. The van der Waals surface area contributed by atoms with E-state index >= 15 is 0 Å². The molecule has 2 heterocycles. The Morgan fingerprint density at radius 3 is 2.70 bits per heavy atom. The van der Waals surface area contributed by atoms with E-state index in [1.807, 2.05) is 13.8 Å². The maximum atomic E-state index is 12.3. The van der Waals surface area contributed by atoms with Crippen LogP contribution in [0.25, 0.3) is 0 Å². The molecule has 1 fully saturated rings. The van der Waals surface area contributed by atoms with E-state index < -0.39 is 9.84 Å². The minimum Gasteiger partial charge on any atom is -0.341 e. The Kier molecular flexibility index (Phi) is 4.70. The van der Waals surface area contributed by atoms with Gasteiger partial charge in [-0.05, 0) is 20.3 Å². The minimum atomic E-state index is -2.98. The molecule has 1 aromatic heterocycles. The molecule has 112 valence electrons. The van der Waals surface area contributed by atoms with E-state index in [2.05, 4.69) is 10.2 Å². The number of aromatic nitrogens is 2. The Labute approximate surface area is 126 Å². The van der Waals surface area contributed by atoms with E-state index in [1.165, 1.54) is 23.1 Å². The van der Waals surface area contributed by atoms with Crippen LogP contribution >= 0.6 is 23.1 Å². The van der Waals surface area contributed by atoms with E-state index in [0.29, 0.717) is 6.42 Å². The van der Waals surface area contributed by atoms with Crippen LogP contribution in [0.3, 0.4) is 0 Å². The lowest BCUT2D eigenvalue weighted by Gasteiger charge is -2.25. The zero-order valence-corrected chi connectivity index (χ0v) is 14.0. The van der Waals surface area contributed by atoms with Crippen molar-refractivity contribution in [2.45, 2.75) is 35.9 Å². The van der Waals surface area contributed by atoms with Crippen molar-refractivity contribution in [3.63, 3.8) is 0 Å². The van der Waals surface area contributed by atoms with E-state index in [1.54, 1.807) is 11.9 Å². The Bertz CT molecular complexity index is 599. The van der Waals surface area contributed by atoms with Gasteiger partial charge in [0, 0.05) is 13.1 Å². The number of carbonyl (C=O) groups is 1. The molecule has 1 aliphatic rings. The fourth-order valence-corrected chi connectivity index (χ4v) is 5.91. The minimum absolute atomic E-state index is 0.0649. The Morgan fingerprint density at radius 1 is 1.50 bits per heavy atom. The quantitative estimate of drug-likeness (QED) is 0.763. The second-order valence-electron chi connectivity index (χ2n) is 4.85. The highest BCUT2D eigenvalue weighted by Crippen LogP contribution is 2.28. The molecule has 0 bridgehead atoms. The number of sulfone groups is 1. The summed E-state index contributed by atoms with van der Waals surface area (Å²) in [5.41, 5.74) is 0. The van der Waals surface area contributed by atoms with Crippen LogP contribution in [0.15, 0.2) is 4.34 Å². The molecule has 0 aliphatic carbocycles. The van der Waals surface area contributed by atoms with Crippen LogP contribution < -0.4 is 0 Å². The van der Waals surface area contributed by atoms with Crippen LogP contribution in [0.4, 0.5) is 0 Å². The van der Waals surface area contributed by atoms with Gasteiger partial charge in [0.15, 0.2) is 14.2 Å². The normalized spacial score (nSPS) is 22.6. The smallest absolute Gasteiger partial charge is 0.235 e. The van der Waals surface area contributed by atoms with Gasteiger partial charge in [-0.25, -0.2) is 8.42 Å². The van der Waals surface area contributed by atoms with Crippen molar-refractivity contribution in [2.24, 2.45) is 0 Å². The van der Waals surface area contributed by atoms with E-state index in [4.69, 9.17) is 0 Å². The molecule has 20 heavy (non-hydrogen) atoms. The summed E-state index contributed by atoms with van der Waals surface area (Å²) in [6.45, 7) is 3.67. The van der Waals surface area contributed by atoms with Crippen LogP contribution in [-0.2, 0) is 14.6 Å². The molecule has 9 heteroatoms. The molecule has 1 aliphatic heterocycles. The van der Waals surface area contributed by atoms with Crippen LogP contribution in [0.1, 0.15) is 18.4 Å². The topological polar surface area (TPSA) is 80.2 Å². The van der Waals surface area contributed by atoms with Gasteiger partial charge in [-0.15, -0.1) is 10.2 Å². The summed E-state index contributed by atoms with van der Waals surface area (Å²) in [4.78, 5) is 13.9. The maximum absolute atomic E-state index is 12.3. The Morgan fingerprint density at radius 2 is 2.20 bits per heavy atom. The summed E-state index contributed by atoms with van der Waals surface area (Å²) in [5, 5.41) is 8.46. The van der Waals surface area contributed by atoms with Gasteiger partial charge in [0.05, 0.1) is 16.8 Å². The molecule has 1 amide bonds. The van der Waals surface area contributed by atoms with Gasteiger partial charge < -0.3 is 4.90 Å². The van der Waals surface area contributed by atoms with Gasteiger partial charge in [0.2, 0.25) is 5.91 Å². The Balaban J connectivity index is 1.96. The first kappa shape index (κ1) is 15.7. The van der Waals surface area contributed by atoms with Crippen molar-refractivity contribution in [3.05, 3.63) is 5.01 Å². The van der Waals surface area contributed by atoms with Crippen LogP contribution in [0.2, 0.25) is 0 Å². The molecule has 2 atom stereocenters. The number of nitrogens with zero attached hydrogens (tertiary/aromatic N) is 3. The number of rotatable bonds is 4. The van der Waals surface area contributed by atoms with Gasteiger partial charge in [-0.1, -0.05) is 23.1 Å². The largest absolute Gasteiger partial charge is 0.341 e. The fourth-order valence-electron chi connectivity index (χ4n) is 2.08. The van der Waals surface area contributed by atoms with Crippen molar-refractivity contribution in [1.29, 1.82) is 0 Å². The molecule has 0 radical (unpaired) electrons. The highest BCUT2D eigenvalue weighted by atomic mass is 32.2. The van der Waals surface area contributed by atoms with Crippen molar-refractivity contribution in [3.8, 4) is 0 Å². The molecule has 0 spiro atoms. The SMILES string of the molecule is Cc1nnc(S[C@@H](C)C(=O)N(C)[C@H]2CCS(=O)(=O)C2)s1. The first-order chi connectivity index (χ1) is 9.28. The highest BCUT2D eigenvalue weighted by Gasteiger charge is 2.34. The summed E-state index contributed by atoms with van der Waals surface area (Å²) in [6.07, 6.45) is 0.528. The molecular weight excluding hydrogens is 318 g/mol. The number of thioether (sulfide) groups is 1. The maximum Gasteiger partial charge on any atom is 0.235 e. The number of carbonyl (C=O) groups excluding carboxylic acids is 1. The van der Waals surface area contributed by atoms with Gasteiger partial charge in [-0.2, -0.15) is 0 Å². The molecular formula is C11H17N3O3S3. The summed E-state index contributed by atoms with van der Waals surface area (Å²) in [7, 11) is -1.30. The van der Waals surface area contributed by atoms with Crippen molar-refractivity contribution in [1.82, 2.24) is 15.1 Å².